The fourth-order valence-electron chi connectivity index (χ4n) is 4.66. The molecule has 11 heteroatoms. The molecule has 2 N–H and O–H groups in total. The molecule has 0 saturated carbocycles. The van der Waals surface area contributed by atoms with Gasteiger partial charge in [0.05, 0.1) is 27.7 Å². The van der Waals surface area contributed by atoms with Gasteiger partial charge in [-0.3, -0.25) is 4.79 Å². The Labute approximate surface area is 237 Å². The smallest absolute Gasteiger partial charge is 0.366 e. The highest BCUT2D eigenvalue weighted by Gasteiger charge is 2.38. The highest BCUT2D eigenvalue weighted by Crippen LogP contribution is 2.34. The Morgan fingerprint density at radius 3 is 2.74 bits per heavy atom. The summed E-state index contributed by atoms with van der Waals surface area (Å²) in [5.41, 5.74) is 2.64. The predicted octanol–water partition coefficient (Wildman–Crippen LogP) is 6.40. The molecule has 5 rings (SSSR count). The maximum absolute atomic E-state index is 13.0. The van der Waals surface area contributed by atoms with Crippen molar-refractivity contribution in [1.29, 1.82) is 0 Å². The summed E-state index contributed by atoms with van der Waals surface area (Å²) in [6, 6.07) is 1.96. The molecule has 2 aromatic rings. The Balaban J connectivity index is 1.18. The maximum Gasteiger partial charge on any atom is 0.395 e. The van der Waals surface area contributed by atoms with Gasteiger partial charge < -0.3 is 10.6 Å². The first-order valence-electron chi connectivity index (χ1n) is 12.6. The van der Waals surface area contributed by atoms with E-state index in [-0.39, 0.29) is 29.2 Å². The van der Waals surface area contributed by atoms with Gasteiger partial charge in [0, 0.05) is 30.6 Å². The van der Waals surface area contributed by atoms with Crippen LogP contribution < -0.4 is 10.6 Å². The Hall–Kier alpha value is -3.11. The van der Waals surface area contributed by atoms with Gasteiger partial charge in [-0.15, -0.1) is 11.6 Å². The molecule has 0 bridgehead atoms. The van der Waals surface area contributed by atoms with E-state index in [1.807, 2.05) is 42.5 Å². The van der Waals surface area contributed by atoms with Crippen LogP contribution in [0.25, 0.3) is 5.65 Å². The third-order valence-corrected chi connectivity index (χ3v) is 7.85. The summed E-state index contributed by atoms with van der Waals surface area (Å²) in [6.45, 7) is 0.889. The average Bonchev–Trinajstić information content (AvgIpc) is 3.31. The lowest BCUT2D eigenvalue weighted by Gasteiger charge is -2.21. The van der Waals surface area contributed by atoms with Gasteiger partial charge in [-0.05, 0) is 40.3 Å². The molecular weight excluding hydrogens is 595 g/mol. The van der Waals surface area contributed by atoms with Crippen molar-refractivity contribution in [2.75, 3.05) is 18.4 Å². The molecular formula is C28H26BrClF3N5O. The van der Waals surface area contributed by atoms with Crippen molar-refractivity contribution in [2.24, 2.45) is 11.8 Å². The van der Waals surface area contributed by atoms with Gasteiger partial charge in [-0.1, -0.05) is 60.8 Å². The van der Waals surface area contributed by atoms with Crippen LogP contribution in [-0.4, -0.2) is 45.1 Å². The minimum atomic E-state index is -4.36. The summed E-state index contributed by atoms with van der Waals surface area (Å²) in [4.78, 5) is 17.2. The number of nitrogens with one attached hydrogen (secondary N) is 2. The van der Waals surface area contributed by atoms with Crippen molar-refractivity contribution in [3.8, 4) is 0 Å². The molecule has 2 heterocycles. The number of anilines is 1. The molecule has 3 aliphatic carbocycles. The van der Waals surface area contributed by atoms with Crippen LogP contribution >= 0.6 is 27.5 Å². The van der Waals surface area contributed by atoms with Gasteiger partial charge in [0.2, 0.25) is 0 Å². The number of rotatable bonds is 7. The first kappa shape index (κ1) is 27.5. The highest BCUT2D eigenvalue weighted by molar-refractivity contribution is 9.10. The quantitative estimate of drug-likeness (QED) is 0.352. The highest BCUT2D eigenvalue weighted by atomic mass is 79.9. The summed E-state index contributed by atoms with van der Waals surface area (Å²) in [7, 11) is 0. The van der Waals surface area contributed by atoms with Crippen molar-refractivity contribution >= 4 is 44.9 Å². The van der Waals surface area contributed by atoms with Crippen LogP contribution in [-0.2, 0) is 4.79 Å². The second-order valence-electron chi connectivity index (χ2n) is 9.64. The van der Waals surface area contributed by atoms with E-state index in [9.17, 15) is 18.0 Å². The third kappa shape index (κ3) is 6.38. The van der Waals surface area contributed by atoms with Crippen molar-refractivity contribution in [3.05, 3.63) is 94.3 Å². The molecule has 0 fully saturated rings. The van der Waals surface area contributed by atoms with E-state index in [0.29, 0.717) is 25.2 Å². The summed E-state index contributed by atoms with van der Waals surface area (Å²) in [5.74, 6) is -1.34. The maximum atomic E-state index is 13.0. The van der Waals surface area contributed by atoms with Gasteiger partial charge in [0.15, 0.2) is 5.65 Å². The predicted molar refractivity (Wildman–Crippen MR) is 150 cm³/mol. The van der Waals surface area contributed by atoms with Crippen LogP contribution in [0.1, 0.15) is 24.5 Å². The normalized spacial score (nSPS) is 24.5. The Morgan fingerprint density at radius 2 is 2.00 bits per heavy atom. The van der Waals surface area contributed by atoms with Crippen molar-refractivity contribution < 1.29 is 18.0 Å². The second-order valence-corrected chi connectivity index (χ2v) is 11.0. The Morgan fingerprint density at radius 1 is 1.18 bits per heavy atom. The Kier molecular flexibility index (Phi) is 8.13. The molecule has 4 atom stereocenters. The number of carbonyl (C=O) groups is 1. The van der Waals surface area contributed by atoms with Crippen LogP contribution in [0.15, 0.2) is 88.6 Å². The third-order valence-electron chi connectivity index (χ3n) is 6.87. The van der Waals surface area contributed by atoms with Crippen LogP contribution in [0.2, 0.25) is 0 Å². The van der Waals surface area contributed by atoms with Crippen molar-refractivity contribution in [3.63, 3.8) is 0 Å². The molecule has 0 saturated heterocycles. The van der Waals surface area contributed by atoms with E-state index in [4.69, 9.17) is 16.6 Å². The van der Waals surface area contributed by atoms with Gasteiger partial charge >= 0.3 is 6.18 Å². The first-order chi connectivity index (χ1) is 18.7. The molecule has 1 amide bonds. The largest absolute Gasteiger partial charge is 0.395 e. The molecule has 3 aliphatic rings. The lowest BCUT2D eigenvalue weighted by atomic mass is 9.94. The van der Waals surface area contributed by atoms with E-state index < -0.39 is 18.0 Å². The van der Waals surface area contributed by atoms with Crippen LogP contribution in [0.5, 0.6) is 0 Å². The average molecular weight is 621 g/mol. The van der Waals surface area contributed by atoms with Crippen LogP contribution in [0.3, 0.4) is 0 Å². The van der Waals surface area contributed by atoms with E-state index >= 15 is 0 Å². The number of allylic oxidation sites excluding steroid dienone is 7. The molecule has 204 valence electrons. The molecule has 0 aliphatic heterocycles. The first-order valence-corrected chi connectivity index (χ1v) is 13.8. The van der Waals surface area contributed by atoms with Gasteiger partial charge in [-0.2, -0.15) is 22.8 Å². The summed E-state index contributed by atoms with van der Waals surface area (Å²) in [5, 5.41) is 10.4. The lowest BCUT2D eigenvalue weighted by molar-refractivity contribution is -0.160. The number of aromatic nitrogens is 3. The fourth-order valence-corrected chi connectivity index (χ4v) is 5.31. The van der Waals surface area contributed by atoms with E-state index in [1.165, 1.54) is 12.2 Å². The number of halogens is 5. The zero-order valence-electron chi connectivity index (χ0n) is 20.7. The number of fused-ring (bicyclic) bond motifs is 1. The van der Waals surface area contributed by atoms with Crippen LogP contribution in [0, 0.1) is 11.8 Å². The zero-order chi connectivity index (χ0) is 27.6. The molecule has 0 radical (unpaired) electrons. The van der Waals surface area contributed by atoms with E-state index in [2.05, 4.69) is 37.7 Å². The summed E-state index contributed by atoms with van der Waals surface area (Å²) in [6.07, 6.45) is 15.7. The molecule has 2 aromatic heterocycles. The number of alkyl halides is 4. The molecule has 0 spiro atoms. The summed E-state index contributed by atoms with van der Waals surface area (Å²) < 4.78 is 41.5. The molecule has 0 aromatic carbocycles. The zero-order valence-corrected chi connectivity index (χ0v) is 23.0. The molecule has 6 nitrogen and oxygen atoms in total. The van der Waals surface area contributed by atoms with E-state index in [0.717, 1.165) is 27.6 Å². The standard InChI is InChI=1S/C28H26BrClF3N5O/c29-22-16-36-38-25(13-24(37-26(22)38)21-6-1-2-7-23(21)30)34-14-17-8-10-18(11-9-17)15-35-27(39)19-4-3-5-20(12-19)28(31,32)33/h1-4,6-10,12-13,16,18,20-21,23,34H,5,11,14-15H2,(H,35,39). The minimum Gasteiger partial charge on any atom is -0.366 e. The topological polar surface area (TPSA) is 71.3 Å². The number of carbonyl (C=O) groups excluding carboxylic acids is 1. The van der Waals surface area contributed by atoms with Crippen molar-refractivity contribution in [1.82, 2.24) is 19.9 Å². The van der Waals surface area contributed by atoms with E-state index in [1.54, 1.807) is 10.7 Å². The SMILES string of the molecule is O=C(NCC1C=CC(CNc2cc(C3C=CC=CC3Cl)nc3c(Br)cnn23)=CC1)C1=CC(C(F)(F)F)CC=C1. The number of nitrogens with zero attached hydrogens (tertiary/aromatic N) is 3. The van der Waals surface area contributed by atoms with Crippen molar-refractivity contribution in [2.45, 2.75) is 30.3 Å². The second kappa shape index (κ2) is 11.6. The Bertz CT molecular complexity index is 1440. The number of amides is 1. The number of hydrogen-bond donors (Lipinski definition) is 2. The van der Waals surface area contributed by atoms with Gasteiger partial charge in [0.1, 0.15) is 5.82 Å². The van der Waals surface area contributed by atoms with Gasteiger partial charge in [0.25, 0.3) is 5.91 Å². The summed E-state index contributed by atoms with van der Waals surface area (Å²) >= 11 is 10.1. The fraction of sp³-hybridized carbons (Fsp3) is 0.321. The monoisotopic (exact) mass is 619 g/mol. The van der Waals surface area contributed by atoms with Gasteiger partial charge in [-0.25, -0.2) is 4.98 Å². The van der Waals surface area contributed by atoms with Crippen LogP contribution in [0.4, 0.5) is 19.0 Å². The molecule has 39 heavy (non-hydrogen) atoms. The minimum absolute atomic E-state index is 0.0531. The number of hydrogen-bond acceptors (Lipinski definition) is 4. The lowest BCUT2D eigenvalue weighted by Crippen LogP contribution is -2.31. The molecule has 4 unspecified atom stereocenters.